The van der Waals surface area contributed by atoms with Gasteiger partial charge in [0.1, 0.15) is 4.88 Å². The fourth-order valence-corrected chi connectivity index (χ4v) is 4.11. The second-order valence-corrected chi connectivity index (χ2v) is 7.21. The highest BCUT2D eigenvalue weighted by atomic mass is 32.1. The number of piperidine rings is 1. The van der Waals surface area contributed by atoms with Crippen LogP contribution in [0, 0.1) is 12.8 Å². The van der Waals surface area contributed by atoms with Gasteiger partial charge >= 0.3 is 0 Å². The molecule has 1 aromatic carbocycles. The molecule has 0 saturated carbocycles. The summed E-state index contributed by atoms with van der Waals surface area (Å²) in [4.78, 5) is 20.0. The van der Waals surface area contributed by atoms with Crippen LogP contribution in [-0.4, -0.2) is 40.6 Å². The lowest BCUT2D eigenvalue weighted by atomic mass is 9.99. The van der Waals surface area contributed by atoms with Gasteiger partial charge in [-0.15, -0.1) is 11.3 Å². The van der Waals surface area contributed by atoms with Crippen molar-refractivity contribution in [2.45, 2.75) is 26.2 Å². The zero-order valence-corrected chi connectivity index (χ0v) is 14.2. The van der Waals surface area contributed by atoms with Crippen molar-refractivity contribution in [2.75, 3.05) is 19.7 Å². The fraction of sp³-hybridized carbons (Fsp3) is 0.444. The van der Waals surface area contributed by atoms with E-state index in [1.54, 1.807) is 0 Å². The van der Waals surface area contributed by atoms with Gasteiger partial charge in [0, 0.05) is 26.1 Å². The summed E-state index contributed by atoms with van der Waals surface area (Å²) >= 11 is 1.50. The summed E-state index contributed by atoms with van der Waals surface area (Å²) < 4.78 is 0. The number of aliphatic hydroxyl groups is 1. The van der Waals surface area contributed by atoms with E-state index in [4.69, 9.17) is 0 Å². The van der Waals surface area contributed by atoms with Crippen molar-refractivity contribution in [3.8, 4) is 0 Å². The molecule has 1 aliphatic rings. The van der Waals surface area contributed by atoms with Crippen molar-refractivity contribution >= 4 is 17.2 Å². The normalized spacial score (nSPS) is 18.2. The highest BCUT2D eigenvalue weighted by Gasteiger charge is 2.26. The molecular formula is C18H22N2O2S. The van der Waals surface area contributed by atoms with Crippen molar-refractivity contribution in [1.29, 1.82) is 0 Å². The number of aromatic nitrogens is 1. The Labute approximate surface area is 140 Å². The van der Waals surface area contributed by atoms with Crippen LogP contribution in [0.1, 0.15) is 38.8 Å². The van der Waals surface area contributed by atoms with Gasteiger partial charge in [-0.05, 0) is 31.2 Å². The number of hydrogen-bond acceptors (Lipinski definition) is 4. The molecule has 1 N–H and O–H groups in total. The average Bonchev–Trinajstić information content (AvgIpc) is 2.95. The second kappa shape index (κ2) is 7.23. The minimum absolute atomic E-state index is 0.0671. The molecule has 122 valence electrons. The zero-order valence-electron chi connectivity index (χ0n) is 13.4. The molecule has 0 aliphatic carbocycles. The Hall–Kier alpha value is -1.72. The van der Waals surface area contributed by atoms with Crippen LogP contribution in [-0.2, 0) is 6.42 Å². The minimum atomic E-state index is 0.0671. The fourth-order valence-electron chi connectivity index (χ4n) is 3.04. The zero-order chi connectivity index (χ0) is 16.2. The minimum Gasteiger partial charge on any atom is -0.396 e. The van der Waals surface area contributed by atoms with Crippen LogP contribution in [0.2, 0.25) is 0 Å². The Morgan fingerprint density at radius 1 is 1.39 bits per heavy atom. The number of benzene rings is 1. The Morgan fingerprint density at radius 2 is 2.17 bits per heavy atom. The van der Waals surface area contributed by atoms with Gasteiger partial charge in [0.05, 0.1) is 10.7 Å². The smallest absolute Gasteiger partial charge is 0.265 e. The number of likely N-dealkylation sites (tertiary alicyclic amines) is 1. The maximum absolute atomic E-state index is 12.8. The van der Waals surface area contributed by atoms with Gasteiger partial charge in [0.2, 0.25) is 0 Å². The van der Waals surface area contributed by atoms with Crippen LogP contribution in [0.3, 0.4) is 0 Å². The van der Waals surface area contributed by atoms with Gasteiger partial charge < -0.3 is 10.0 Å². The van der Waals surface area contributed by atoms with Gasteiger partial charge in [-0.1, -0.05) is 30.3 Å². The molecule has 1 unspecified atom stereocenters. The summed E-state index contributed by atoms with van der Waals surface area (Å²) in [7, 11) is 0. The molecule has 0 bridgehead atoms. The molecule has 1 aromatic heterocycles. The van der Waals surface area contributed by atoms with Crippen LogP contribution in [0.15, 0.2) is 30.3 Å². The molecule has 1 atom stereocenters. The summed E-state index contributed by atoms with van der Waals surface area (Å²) in [5.41, 5.74) is 2.02. The standard InChI is InChI=1S/C18H22N2O2S/c1-13-17(18(22)20-9-5-8-15(11-20)12-21)23-16(19-13)10-14-6-3-2-4-7-14/h2-4,6-7,15,21H,5,8-12H2,1H3. The van der Waals surface area contributed by atoms with Gasteiger partial charge in [-0.25, -0.2) is 4.98 Å². The molecule has 1 fully saturated rings. The summed E-state index contributed by atoms with van der Waals surface area (Å²) in [6, 6.07) is 10.2. The van der Waals surface area contributed by atoms with Crippen molar-refractivity contribution in [3.05, 3.63) is 51.5 Å². The number of aliphatic hydroxyl groups excluding tert-OH is 1. The lowest BCUT2D eigenvalue weighted by Crippen LogP contribution is -2.40. The number of carbonyl (C=O) groups is 1. The molecule has 1 saturated heterocycles. The summed E-state index contributed by atoms with van der Waals surface area (Å²) in [5, 5.41) is 10.3. The van der Waals surface area contributed by atoms with Crippen molar-refractivity contribution in [2.24, 2.45) is 5.92 Å². The molecule has 23 heavy (non-hydrogen) atoms. The van der Waals surface area contributed by atoms with E-state index in [1.807, 2.05) is 30.0 Å². The number of rotatable bonds is 4. The molecule has 0 radical (unpaired) electrons. The maximum Gasteiger partial charge on any atom is 0.265 e. The third kappa shape index (κ3) is 3.79. The van der Waals surface area contributed by atoms with E-state index in [-0.39, 0.29) is 18.4 Å². The van der Waals surface area contributed by atoms with E-state index < -0.39 is 0 Å². The van der Waals surface area contributed by atoms with E-state index in [0.29, 0.717) is 6.54 Å². The Kier molecular flexibility index (Phi) is 5.08. The average molecular weight is 330 g/mol. The third-order valence-electron chi connectivity index (χ3n) is 4.30. The van der Waals surface area contributed by atoms with Gasteiger partial charge in [-0.2, -0.15) is 0 Å². The van der Waals surface area contributed by atoms with E-state index >= 15 is 0 Å². The molecule has 4 nitrogen and oxygen atoms in total. The van der Waals surface area contributed by atoms with E-state index in [0.717, 1.165) is 41.4 Å². The molecule has 5 heteroatoms. The van der Waals surface area contributed by atoms with Crippen LogP contribution in [0.4, 0.5) is 0 Å². The Morgan fingerprint density at radius 3 is 2.91 bits per heavy atom. The first-order valence-corrected chi connectivity index (χ1v) is 8.89. The van der Waals surface area contributed by atoms with Crippen molar-refractivity contribution < 1.29 is 9.90 Å². The molecule has 1 aliphatic heterocycles. The van der Waals surface area contributed by atoms with E-state index in [9.17, 15) is 9.90 Å². The topological polar surface area (TPSA) is 53.4 Å². The number of thiazole rings is 1. The molecule has 2 heterocycles. The van der Waals surface area contributed by atoms with Gasteiger partial charge in [-0.3, -0.25) is 4.79 Å². The van der Waals surface area contributed by atoms with Gasteiger partial charge in [0.15, 0.2) is 0 Å². The Balaban J connectivity index is 1.74. The quantitative estimate of drug-likeness (QED) is 0.938. The van der Waals surface area contributed by atoms with Crippen LogP contribution >= 0.6 is 11.3 Å². The van der Waals surface area contributed by atoms with Crippen LogP contribution < -0.4 is 0 Å². The third-order valence-corrected chi connectivity index (χ3v) is 5.44. The first-order chi connectivity index (χ1) is 11.2. The largest absolute Gasteiger partial charge is 0.396 e. The first kappa shape index (κ1) is 16.1. The highest BCUT2D eigenvalue weighted by molar-refractivity contribution is 7.13. The number of hydrogen-bond donors (Lipinski definition) is 1. The number of nitrogens with zero attached hydrogens (tertiary/aromatic N) is 2. The Bertz CT molecular complexity index is 669. The van der Waals surface area contributed by atoms with Crippen LogP contribution in [0.5, 0.6) is 0 Å². The predicted molar refractivity (Wildman–Crippen MR) is 91.8 cm³/mol. The second-order valence-electron chi connectivity index (χ2n) is 6.13. The lowest BCUT2D eigenvalue weighted by Gasteiger charge is -2.31. The number of carbonyl (C=O) groups excluding carboxylic acids is 1. The van der Waals surface area contributed by atoms with E-state index in [1.165, 1.54) is 16.9 Å². The molecule has 2 aromatic rings. The predicted octanol–water partition coefficient (Wildman–Crippen LogP) is 2.89. The summed E-state index contributed by atoms with van der Waals surface area (Å²) in [6.45, 7) is 3.50. The van der Waals surface area contributed by atoms with Crippen molar-refractivity contribution in [1.82, 2.24) is 9.88 Å². The molecular weight excluding hydrogens is 308 g/mol. The molecule has 1 amide bonds. The van der Waals surface area contributed by atoms with Crippen molar-refractivity contribution in [3.63, 3.8) is 0 Å². The summed E-state index contributed by atoms with van der Waals surface area (Å²) in [5.74, 6) is 0.280. The van der Waals surface area contributed by atoms with Crippen LogP contribution in [0.25, 0.3) is 0 Å². The monoisotopic (exact) mass is 330 g/mol. The van der Waals surface area contributed by atoms with E-state index in [2.05, 4.69) is 17.1 Å². The van der Waals surface area contributed by atoms with Gasteiger partial charge in [0.25, 0.3) is 5.91 Å². The SMILES string of the molecule is Cc1nc(Cc2ccccc2)sc1C(=O)N1CCCC(CO)C1. The number of aryl methyl sites for hydroxylation is 1. The highest BCUT2D eigenvalue weighted by Crippen LogP contribution is 2.25. The molecule has 0 spiro atoms. The summed E-state index contributed by atoms with van der Waals surface area (Å²) in [6.07, 6.45) is 2.73. The first-order valence-electron chi connectivity index (χ1n) is 8.07. The maximum atomic E-state index is 12.8. The lowest BCUT2D eigenvalue weighted by molar-refractivity contribution is 0.0624. The molecule has 3 rings (SSSR count). The number of amides is 1.